The van der Waals surface area contributed by atoms with Crippen molar-refractivity contribution < 1.29 is 9.53 Å². The smallest absolute Gasteiger partial charge is 0.150 e. The van der Waals surface area contributed by atoms with Crippen LogP contribution in [-0.4, -0.2) is 31.9 Å². The van der Waals surface area contributed by atoms with Crippen LogP contribution in [0.4, 0.5) is 0 Å². The van der Waals surface area contributed by atoms with Crippen LogP contribution in [0.15, 0.2) is 36.6 Å². The lowest BCUT2D eigenvalue weighted by atomic mass is 10.0. The van der Waals surface area contributed by atoms with Crippen molar-refractivity contribution in [2.75, 3.05) is 20.7 Å². The number of rotatable bonds is 3. The molecule has 1 aliphatic rings. The largest absolute Gasteiger partial charge is 0.496 e. The summed E-state index contributed by atoms with van der Waals surface area (Å²) in [5, 5.41) is 0. The van der Waals surface area contributed by atoms with Gasteiger partial charge >= 0.3 is 0 Å². The normalized spacial score (nSPS) is 14.5. The number of carbonyl (C=O) groups excluding carboxylic acids is 1. The van der Waals surface area contributed by atoms with Gasteiger partial charge in [0.05, 0.1) is 7.11 Å². The zero-order valence-electron chi connectivity index (χ0n) is 10.0. The van der Waals surface area contributed by atoms with Crippen LogP contribution in [0.25, 0.3) is 5.57 Å². The highest BCUT2D eigenvalue weighted by molar-refractivity contribution is 5.83. The van der Waals surface area contributed by atoms with Gasteiger partial charge in [0.25, 0.3) is 0 Å². The number of nitrogens with zero attached hydrogens (tertiary/aromatic N) is 1. The molecule has 0 bridgehead atoms. The lowest BCUT2D eigenvalue weighted by molar-refractivity contribution is 0.112. The van der Waals surface area contributed by atoms with Gasteiger partial charge in [-0.05, 0) is 18.2 Å². The Morgan fingerprint density at radius 1 is 1.41 bits per heavy atom. The molecule has 88 valence electrons. The summed E-state index contributed by atoms with van der Waals surface area (Å²) in [7, 11) is 3.65. The van der Waals surface area contributed by atoms with Crippen molar-refractivity contribution >= 4 is 11.9 Å². The average molecular weight is 229 g/mol. The van der Waals surface area contributed by atoms with E-state index in [-0.39, 0.29) is 0 Å². The minimum atomic E-state index is 0.656. The first-order valence-electron chi connectivity index (χ1n) is 5.47. The summed E-state index contributed by atoms with van der Waals surface area (Å²) in [6, 6.07) is 5.43. The van der Waals surface area contributed by atoms with Crippen molar-refractivity contribution in [3.05, 3.63) is 47.7 Å². The summed E-state index contributed by atoms with van der Waals surface area (Å²) in [5.41, 5.74) is 2.66. The lowest BCUT2D eigenvalue weighted by Crippen LogP contribution is -2.13. The Morgan fingerprint density at radius 2 is 2.24 bits per heavy atom. The van der Waals surface area contributed by atoms with Crippen LogP contribution in [0.2, 0.25) is 0 Å². The van der Waals surface area contributed by atoms with Crippen LogP contribution in [0.5, 0.6) is 5.75 Å². The highest BCUT2D eigenvalue weighted by Crippen LogP contribution is 2.29. The summed E-state index contributed by atoms with van der Waals surface area (Å²) < 4.78 is 5.32. The third-order valence-electron chi connectivity index (χ3n) is 2.72. The quantitative estimate of drug-likeness (QED) is 0.745. The van der Waals surface area contributed by atoms with Crippen LogP contribution < -0.4 is 4.74 Å². The molecule has 0 saturated carbocycles. The molecule has 0 N–H and O–H groups in total. The molecule has 1 aliphatic heterocycles. The molecule has 1 aromatic carbocycles. The van der Waals surface area contributed by atoms with Gasteiger partial charge in [-0.3, -0.25) is 4.79 Å². The van der Waals surface area contributed by atoms with Crippen molar-refractivity contribution in [3.63, 3.8) is 0 Å². The average Bonchev–Trinajstić information content (AvgIpc) is 2.38. The highest BCUT2D eigenvalue weighted by Gasteiger charge is 2.10. The minimum Gasteiger partial charge on any atom is -0.496 e. The zero-order chi connectivity index (χ0) is 12.3. The van der Waals surface area contributed by atoms with Crippen molar-refractivity contribution in [2.45, 2.75) is 0 Å². The summed E-state index contributed by atoms with van der Waals surface area (Å²) in [6.07, 6.45) is 7.03. The number of hydrogen-bond donors (Lipinski definition) is 0. The van der Waals surface area contributed by atoms with Gasteiger partial charge in [0.1, 0.15) is 12.0 Å². The fourth-order valence-corrected chi connectivity index (χ4v) is 1.86. The van der Waals surface area contributed by atoms with Crippen LogP contribution in [0, 0.1) is 0 Å². The van der Waals surface area contributed by atoms with E-state index in [2.05, 4.69) is 11.0 Å². The van der Waals surface area contributed by atoms with Gasteiger partial charge < -0.3 is 9.64 Å². The van der Waals surface area contributed by atoms with Crippen molar-refractivity contribution in [1.29, 1.82) is 0 Å². The standard InChI is InChI=1S/C14H15NO2/c1-15-7-3-4-12(9-15)13-8-11(10-16)5-6-14(13)17-2/h3-6,8-10H,7H2,1-2H3. The predicted octanol–water partition coefficient (Wildman–Crippen LogP) is 2.35. The highest BCUT2D eigenvalue weighted by atomic mass is 16.5. The third-order valence-corrected chi connectivity index (χ3v) is 2.72. The van der Waals surface area contributed by atoms with E-state index in [1.54, 1.807) is 13.2 Å². The molecule has 0 saturated heterocycles. The molecule has 0 fully saturated rings. The Labute approximate surface area is 101 Å². The Morgan fingerprint density at radius 3 is 2.88 bits per heavy atom. The minimum absolute atomic E-state index is 0.656. The Kier molecular flexibility index (Phi) is 3.28. The molecule has 3 heteroatoms. The molecule has 3 nitrogen and oxygen atoms in total. The second kappa shape index (κ2) is 4.87. The first kappa shape index (κ1) is 11.5. The van der Waals surface area contributed by atoms with Gasteiger partial charge in [0.2, 0.25) is 0 Å². The molecule has 1 aromatic rings. The fourth-order valence-electron chi connectivity index (χ4n) is 1.86. The molecule has 17 heavy (non-hydrogen) atoms. The topological polar surface area (TPSA) is 29.5 Å². The molecular formula is C14H15NO2. The van der Waals surface area contributed by atoms with E-state index in [1.807, 2.05) is 31.5 Å². The first-order valence-corrected chi connectivity index (χ1v) is 5.47. The van der Waals surface area contributed by atoms with Gasteiger partial charge in [-0.2, -0.15) is 0 Å². The van der Waals surface area contributed by atoms with Gasteiger partial charge in [0, 0.05) is 36.5 Å². The van der Waals surface area contributed by atoms with Crippen LogP contribution in [0.3, 0.4) is 0 Å². The number of carbonyl (C=O) groups is 1. The second-order valence-electron chi connectivity index (χ2n) is 4.00. The maximum atomic E-state index is 10.8. The number of hydrogen-bond acceptors (Lipinski definition) is 3. The van der Waals surface area contributed by atoms with Gasteiger partial charge in [0.15, 0.2) is 0 Å². The van der Waals surface area contributed by atoms with Gasteiger partial charge in [-0.25, -0.2) is 0 Å². The Bertz CT molecular complexity index is 489. The van der Waals surface area contributed by atoms with Crippen molar-refractivity contribution in [1.82, 2.24) is 4.90 Å². The number of allylic oxidation sites excluding steroid dienone is 2. The molecule has 2 rings (SSSR count). The van der Waals surface area contributed by atoms with Crippen LogP contribution in [0.1, 0.15) is 15.9 Å². The lowest BCUT2D eigenvalue weighted by Gasteiger charge is -2.19. The van der Waals surface area contributed by atoms with E-state index >= 15 is 0 Å². The Balaban J connectivity index is 2.49. The first-order chi connectivity index (χ1) is 8.24. The molecule has 0 aromatic heterocycles. The molecular weight excluding hydrogens is 214 g/mol. The summed E-state index contributed by atoms with van der Waals surface area (Å²) in [5.74, 6) is 0.779. The molecule has 1 heterocycles. The van der Waals surface area contributed by atoms with E-state index in [9.17, 15) is 4.79 Å². The van der Waals surface area contributed by atoms with Crippen molar-refractivity contribution in [2.24, 2.45) is 0 Å². The number of methoxy groups -OCH3 is 1. The van der Waals surface area contributed by atoms with E-state index < -0.39 is 0 Å². The van der Waals surface area contributed by atoms with Crippen LogP contribution in [-0.2, 0) is 0 Å². The van der Waals surface area contributed by atoms with Crippen LogP contribution >= 0.6 is 0 Å². The third kappa shape index (κ3) is 2.38. The molecule has 0 atom stereocenters. The number of benzene rings is 1. The maximum Gasteiger partial charge on any atom is 0.150 e. The van der Waals surface area contributed by atoms with Gasteiger partial charge in [-0.1, -0.05) is 12.2 Å². The number of aldehydes is 1. The number of ether oxygens (including phenoxy) is 1. The van der Waals surface area contributed by atoms with E-state index in [1.165, 1.54) is 0 Å². The van der Waals surface area contributed by atoms with Crippen molar-refractivity contribution in [3.8, 4) is 5.75 Å². The second-order valence-corrected chi connectivity index (χ2v) is 4.00. The van der Waals surface area contributed by atoms with Gasteiger partial charge in [-0.15, -0.1) is 0 Å². The molecule has 0 radical (unpaired) electrons. The summed E-state index contributed by atoms with van der Waals surface area (Å²) >= 11 is 0. The number of likely N-dealkylation sites (N-methyl/N-ethyl adjacent to an activating group) is 1. The summed E-state index contributed by atoms with van der Waals surface area (Å²) in [6.45, 7) is 0.902. The van der Waals surface area contributed by atoms with E-state index in [0.717, 1.165) is 29.7 Å². The van der Waals surface area contributed by atoms with E-state index in [4.69, 9.17) is 4.74 Å². The monoisotopic (exact) mass is 229 g/mol. The Hall–Kier alpha value is -2.03. The van der Waals surface area contributed by atoms with E-state index in [0.29, 0.717) is 5.56 Å². The summed E-state index contributed by atoms with van der Waals surface area (Å²) in [4.78, 5) is 12.9. The molecule has 0 unspecified atom stereocenters. The fraction of sp³-hybridized carbons (Fsp3) is 0.214. The zero-order valence-corrected chi connectivity index (χ0v) is 10.0. The predicted molar refractivity (Wildman–Crippen MR) is 68.1 cm³/mol. The SMILES string of the molecule is COc1ccc(C=O)cc1C1=CN(C)CC=C1. The molecule has 0 aliphatic carbocycles. The molecule has 0 spiro atoms. The molecule has 0 amide bonds. The maximum absolute atomic E-state index is 10.8.